The first-order valence-corrected chi connectivity index (χ1v) is 6.90. The largest absolute Gasteiger partial charge is 0.314 e. The van der Waals surface area contributed by atoms with Crippen LogP contribution in [0.25, 0.3) is 0 Å². The average molecular weight is 222 g/mol. The molecule has 86 valence electrons. The molecule has 0 aliphatic carbocycles. The molecule has 0 spiro atoms. The van der Waals surface area contributed by atoms with E-state index in [0.29, 0.717) is 18.5 Å². The molecular weight excluding hydrogens is 200 g/mol. The lowest BCUT2D eigenvalue weighted by Crippen LogP contribution is -2.33. The molecule has 0 bridgehead atoms. The van der Waals surface area contributed by atoms with Crippen LogP contribution in [0.5, 0.6) is 0 Å². The van der Waals surface area contributed by atoms with Gasteiger partial charge in [-0.1, -0.05) is 13.8 Å². The molecule has 0 aliphatic rings. The first-order valence-electron chi connectivity index (χ1n) is 5.01. The van der Waals surface area contributed by atoms with E-state index in [9.17, 15) is 8.42 Å². The van der Waals surface area contributed by atoms with E-state index < -0.39 is 10.0 Å². The highest BCUT2D eigenvalue weighted by Crippen LogP contribution is 1.98. The summed E-state index contributed by atoms with van der Waals surface area (Å²) in [5, 5.41) is 3.33. The lowest BCUT2D eigenvalue weighted by atomic mass is 10.1. The molecule has 0 unspecified atom stereocenters. The summed E-state index contributed by atoms with van der Waals surface area (Å²) < 4.78 is 23.9. The van der Waals surface area contributed by atoms with E-state index in [0.717, 1.165) is 13.0 Å². The second-order valence-corrected chi connectivity index (χ2v) is 5.84. The summed E-state index contributed by atoms with van der Waals surface area (Å²) in [5.41, 5.74) is 0. The van der Waals surface area contributed by atoms with Crippen molar-refractivity contribution in [1.82, 2.24) is 10.0 Å². The summed E-state index contributed by atoms with van der Waals surface area (Å²) in [7, 11) is -3.02. The number of nitrogens with one attached hydrogen (secondary N) is 2. The molecule has 2 N–H and O–H groups in total. The minimum atomic E-state index is -3.02. The second-order valence-electron chi connectivity index (χ2n) is 4.01. The van der Waals surface area contributed by atoms with Gasteiger partial charge < -0.3 is 5.32 Å². The molecule has 0 amide bonds. The molecule has 0 aromatic carbocycles. The molecule has 0 saturated heterocycles. The highest BCUT2D eigenvalue weighted by atomic mass is 32.2. The Hall–Kier alpha value is -0.130. The highest BCUT2D eigenvalue weighted by Gasteiger charge is 2.05. The molecule has 0 aromatic rings. The van der Waals surface area contributed by atoms with Gasteiger partial charge in [-0.3, -0.25) is 0 Å². The van der Waals surface area contributed by atoms with Crippen LogP contribution in [0.4, 0.5) is 0 Å². The molecule has 0 aromatic heterocycles. The average Bonchev–Trinajstić information content (AvgIpc) is 2.01. The van der Waals surface area contributed by atoms with Crippen molar-refractivity contribution in [3.8, 4) is 0 Å². The van der Waals surface area contributed by atoms with Gasteiger partial charge in [-0.05, 0) is 25.8 Å². The quantitative estimate of drug-likeness (QED) is 0.619. The number of sulfonamides is 1. The fourth-order valence-corrected chi connectivity index (χ4v) is 1.43. The Labute approximate surface area is 87.5 Å². The normalized spacial score (nSPS) is 14.6. The van der Waals surface area contributed by atoms with Crippen LogP contribution in [0.2, 0.25) is 0 Å². The molecule has 4 nitrogen and oxygen atoms in total. The van der Waals surface area contributed by atoms with Crippen LogP contribution < -0.4 is 10.0 Å². The van der Waals surface area contributed by atoms with Gasteiger partial charge in [0.2, 0.25) is 10.0 Å². The fourth-order valence-electron chi connectivity index (χ4n) is 0.911. The van der Waals surface area contributed by atoms with Crippen LogP contribution in [-0.4, -0.2) is 33.8 Å². The van der Waals surface area contributed by atoms with Gasteiger partial charge >= 0.3 is 0 Å². The van der Waals surface area contributed by atoms with Crippen molar-refractivity contribution in [2.24, 2.45) is 5.92 Å². The van der Waals surface area contributed by atoms with E-state index >= 15 is 0 Å². The Morgan fingerprint density at radius 3 is 2.14 bits per heavy atom. The SMILES string of the molecule is CC(C)[C@@H](C)NCCCNS(C)(=O)=O. The Kier molecular flexibility index (Phi) is 6.31. The molecule has 0 rings (SSSR count). The maximum atomic E-state index is 10.7. The van der Waals surface area contributed by atoms with Crippen LogP contribution in [0.1, 0.15) is 27.2 Å². The van der Waals surface area contributed by atoms with Crippen LogP contribution in [0, 0.1) is 5.92 Å². The summed E-state index contributed by atoms with van der Waals surface area (Å²) >= 11 is 0. The zero-order valence-corrected chi connectivity index (χ0v) is 10.3. The van der Waals surface area contributed by atoms with Crippen LogP contribution in [-0.2, 0) is 10.0 Å². The van der Waals surface area contributed by atoms with E-state index in [4.69, 9.17) is 0 Å². The predicted octanol–water partition coefficient (Wildman–Crippen LogP) is 0.560. The number of hydrogen-bond acceptors (Lipinski definition) is 3. The van der Waals surface area contributed by atoms with Crippen molar-refractivity contribution in [3.63, 3.8) is 0 Å². The third kappa shape index (κ3) is 8.47. The molecule has 0 heterocycles. The van der Waals surface area contributed by atoms with Gasteiger partial charge in [0.25, 0.3) is 0 Å². The van der Waals surface area contributed by atoms with Crippen molar-refractivity contribution in [2.75, 3.05) is 19.3 Å². The third-order valence-electron chi connectivity index (χ3n) is 2.18. The van der Waals surface area contributed by atoms with E-state index in [-0.39, 0.29) is 0 Å². The van der Waals surface area contributed by atoms with Crippen molar-refractivity contribution < 1.29 is 8.42 Å². The standard InChI is InChI=1S/C9H22N2O2S/c1-8(2)9(3)10-6-5-7-11-14(4,12)13/h8-11H,5-7H2,1-4H3/t9-/m1/s1. The Bertz CT molecular complexity index is 237. The van der Waals surface area contributed by atoms with Crippen LogP contribution in [0.3, 0.4) is 0 Å². The minimum Gasteiger partial charge on any atom is -0.314 e. The molecule has 0 saturated carbocycles. The monoisotopic (exact) mass is 222 g/mol. The molecule has 1 atom stereocenters. The first-order chi connectivity index (χ1) is 6.33. The molecular formula is C9H22N2O2S. The van der Waals surface area contributed by atoms with E-state index in [2.05, 4.69) is 30.8 Å². The predicted molar refractivity (Wildman–Crippen MR) is 59.8 cm³/mol. The second kappa shape index (κ2) is 6.37. The van der Waals surface area contributed by atoms with Gasteiger partial charge in [0.1, 0.15) is 0 Å². The van der Waals surface area contributed by atoms with Gasteiger partial charge in [0, 0.05) is 12.6 Å². The van der Waals surface area contributed by atoms with Crippen molar-refractivity contribution in [3.05, 3.63) is 0 Å². The lowest BCUT2D eigenvalue weighted by molar-refractivity contribution is 0.424. The molecule has 0 fully saturated rings. The van der Waals surface area contributed by atoms with Gasteiger partial charge in [-0.25, -0.2) is 13.1 Å². The number of rotatable bonds is 7. The summed E-state index contributed by atoms with van der Waals surface area (Å²) in [6.45, 7) is 7.81. The summed E-state index contributed by atoms with van der Waals surface area (Å²) in [5.74, 6) is 0.609. The summed E-state index contributed by atoms with van der Waals surface area (Å²) in [4.78, 5) is 0. The molecule has 0 radical (unpaired) electrons. The Balaban J connectivity index is 3.39. The summed E-state index contributed by atoms with van der Waals surface area (Å²) in [6, 6.07) is 0.480. The van der Waals surface area contributed by atoms with Crippen LogP contribution >= 0.6 is 0 Å². The van der Waals surface area contributed by atoms with Gasteiger partial charge in [0.05, 0.1) is 6.26 Å². The topological polar surface area (TPSA) is 58.2 Å². The Morgan fingerprint density at radius 2 is 1.71 bits per heavy atom. The zero-order chi connectivity index (χ0) is 11.2. The van der Waals surface area contributed by atoms with Gasteiger partial charge in [0.15, 0.2) is 0 Å². The lowest BCUT2D eigenvalue weighted by Gasteiger charge is -2.17. The van der Waals surface area contributed by atoms with E-state index in [1.54, 1.807) is 0 Å². The molecule has 0 aliphatic heterocycles. The van der Waals surface area contributed by atoms with Crippen molar-refractivity contribution in [2.45, 2.75) is 33.2 Å². The third-order valence-corrected chi connectivity index (χ3v) is 2.91. The van der Waals surface area contributed by atoms with Crippen LogP contribution in [0.15, 0.2) is 0 Å². The molecule has 14 heavy (non-hydrogen) atoms. The smallest absolute Gasteiger partial charge is 0.208 e. The number of hydrogen-bond donors (Lipinski definition) is 2. The zero-order valence-electron chi connectivity index (χ0n) is 9.50. The molecule has 5 heteroatoms. The minimum absolute atomic E-state index is 0.480. The van der Waals surface area contributed by atoms with E-state index in [1.165, 1.54) is 6.26 Å². The van der Waals surface area contributed by atoms with Gasteiger partial charge in [-0.2, -0.15) is 0 Å². The maximum Gasteiger partial charge on any atom is 0.208 e. The van der Waals surface area contributed by atoms with Crippen molar-refractivity contribution >= 4 is 10.0 Å². The summed E-state index contributed by atoms with van der Waals surface area (Å²) in [6.07, 6.45) is 2.00. The van der Waals surface area contributed by atoms with E-state index in [1.807, 2.05) is 0 Å². The van der Waals surface area contributed by atoms with Crippen molar-refractivity contribution in [1.29, 1.82) is 0 Å². The van der Waals surface area contributed by atoms with Gasteiger partial charge in [-0.15, -0.1) is 0 Å². The fraction of sp³-hybridized carbons (Fsp3) is 1.00. The maximum absolute atomic E-state index is 10.7. The Morgan fingerprint density at radius 1 is 1.14 bits per heavy atom. The first kappa shape index (κ1) is 13.9. The highest BCUT2D eigenvalue weighted by molar-refractivity contribution is 7.88.